The molecule has 1 aliphatic carbocycles. The number of benzene rings is 3. The van der Waals surface area contributed by atoms with Gasteiger partial charge in [-0.05, 0) is 41.0 Å². The van der Waals surface area contributed by atoms with Gasteiger partial charge in [-0.25, -0.2) is 4.39 Å². The molecule has 0 heterocycles. The van der Waals surface area contributed by atoms with Crippen LogP contribution in [-0.4, -0.2) is 0 Å². The van der Waals surface area contributed by atoms with E-state index >= 15 is 4.39 Å². The summed E-state index contributed by atoms with van der Waals surface area (Å²) in [5.74, 6) is 1.38. The second-order valence-corrected chi connectivity index (χ2v) is 8.65. The molecule has 1 aliphatic rings. The van der Waals surface area contributed by atoms with E-state index in [9.17, 15) is 0 Å². The Kier molecular flexibility index (Phi) is 7.44. The lowest BCUT2D eigenvalue weighted by Gasteiger charge is -2.14. The lowest BCUT2D eigenvalue weighted by Crippen LogP contribution is -2.04. The molecule has 1 nitrogen and oxygen atoms in total. The van der Waals surface area contributed by atoms with Crippen molar-refractivity contribution in [2.75, 3.05) is 0 Å². The summed E-state index contributed by atoms with van der Waals surface area (Å²) in [5.41, 5.74) is 12.2. The Morgan fingerprint density at radius 3 is 1.87 bits per heavy atom. The summed E-state index contributed by atoms with van der Waals surface area (Å²) in [6.45, 7) is 8.78. The van der Waals surface area contributed by atoms with E-state index in [1.165, 1.54) is 24.8 Å². The normalized spacial score (nSPS) is 13.2. The van der Waals surface area contributed by atoms with E-state index < -0.39 is 0 Å². The highest BCUT2D eigenvalue weighted by Gasteiger charge is 2.17. The zero-order valence-electron chi connectivity index (χ0n) is 18.7. The van der Waals surface area contributed by atoms with Gasteiger partial charge in [0.15, 0.2) is 0 Å². The second-order valence-electron chi connectivity index (χ2n) is 8.65. The predicted octanol–water partition coefficient (Wildman–Crippen LogP) is 7.86. The fraction of sp³-hybridized carbons (Fsp3) is 0.357. The Morgan fingerprint density at radius 1 is 0.867 bits per heavy atom. The first-order valence-electron chi connectivity index (χ1n) is 11.1. The molecule has 2 N–H and O–H groups in total. The molecule has 158 valence electrons. The van der Waals surface area contributed by atoms with Crippen molar-refractivity contribution in [3.05, 3.63) is 83.2 Å². The van der Waals surface area contributed by atoms with E-state index in [1.54, 1.807) is 0 Å². The van der Waals surface area contributed by atoms with Crippen molar-refractivity contribution in [3.63, 3.8) is 0 Å². The van der Waals surface area contributed by atoms with Crippen LogP contribution in [0.2, 0.25) is 0 Å². The highest BCUT2D eigenvalue weighted by molar-refractivity contribution is 5.74. The van der Waals surface area contributed by atoms with Gasteiger partial charge in [0.05, 0.1) is 0 Å². The molecule has 2 heteroatoms. The minimum absolute atomic E-state index is 0.173. The zero-order valence-corrected chi connectivity index (χ0v) is 18.7. The van der Waals surface area contributed by atoms with Crippen LogP contribution in [0.15, 0.2) is 60.7 Å². The van der Waals surface area contributed by atoms with Gasteiger partial charge in [-0.2, -0.15) is 0 Å². The Hall–Kier alpha value is -2.45. The maximum absolute atomic E-state index is 15.1. The molecule has 0 bridgehead atoms. The Bertz CT molecular complexity index is 951. The molecule has 1 fully saturated rings. The largest absolute Gasteiger partial charge is 0.326 e. The van der Waals surface area contributed by atoms with Crippen LogP contribution in [0, 0.1) is 18.7 Å². The molecule has 0 saturated heterocycles. The summed E-state index contributed by atoms with van der Waals surface area (Å²) >= 11 is 0. The number of nitrogens with two attached hydrogens (primary N) is 1. The van der Waals surface area contributed by atoms with Crippen LogP contribution in [0.4, 0.5) is 4.39 Å². The van der Waals surface area contributed by atoms with Gasteiger partial charge < -0.3 is 5.73 Å². The van der Waals surface area contributed by atoms with Crippen LogP contribution >= 0.6 is 0 Å². The van der Waals surface area contributed by atoms with Crippen LogP contribution in [0.1, 0.15) is 62.6 Å². The molecule has 3 aromatic rings. The smallest absolute Gasteiger partial charge is 0.136 e. The molecule has 0 unspecified atom stereocenters. The zero-order chi connectivity index (χ0) is 21.7. The molecule has 30 heavy (non-hydrogen) atoms. The Balaban J connectivity index is 0.000000448. The molecule has 0 aromatic heterocycles. The standard InChI is InChI=1S/C23H24FN.C5H10/c1-15(2)17-8-10-18(11-9-17)20-12-13-21(23(24)22(20)14-25)19-6-4-16(3)5-7-19;1-2-5-3-4-5/h4-13,15H,14,25H2,1-3H3;5H,2-4H2,1H3. The topological polar surface area (TPSA) is 26.0 Å². The molecule has 4 rings (SSSR count). The minimum atomic E-state index is -0.225. The van der Waals surface area contributed by atoms with E-state index in [0.717, 1.165) is 28.2 Å². The highest BCUT2D eigenvalue weighted by Crippen LogP contribution is 2.33. The fourth-order valence-electron chi connectivity index (χ4n) is 3.62. The molecular formula is C28H34FN. The van der Waals surface area contributed by atoms with E-state index in [0.29, 0.717) is 17.0 Å². The Morgan fingerprint density at radius 2 is 1.40 bits per heavy atom. The molecular weight excluding hydrogens is 369 g/mol. The van der Waals surface area contributed by atoms with Gasteiger partial charge in [-0.15, -0.1) is 0 Å². The van der Waals surface area contributed by atoms with Gasteiger partial charge in [0, 0.05) is 17.7 Å². The highest BCUT2D eigenvalue weighted by atomic mass is 19.1. The average Bonchev–Trinajstić information content (AvgIpc) is 3.59. The number of hydrogen-bond donors (Lipinski definition) is 1. The summed E-state index contributed by atoms with van der Waals surface area (Å²) < 4.78 is 15.1. The summed E-state index contributed by atoms with van der Waals surface area (Å²) in [7, 11) is 0. The molecule has 0 aliphatic heterocycles. The molecule has 0 amide bonds. The predicted molar refractivity (Wildman–Crippen MR) is 127 cm³/mol. The maximum atomic E-state index is 15.1. The van der Waals surface area contributed by atoms with Crippen molar-refractivity contribution >= 4 is 0 Å². The van der Waals surface area contributed by atoms with Gasteiger partial charge in [-0.1, -0.05) is 106 Å². The number of aryl methyl sites for hydroxylation is 1. The van der Waals surface area contributed by atoms with Gasteiger partial charge in [0.1, 0.15) is 5.82 Å². The van der Waals surface area contributed by atoms with Crippen molar-refractivity contribution < 1.29 is 4.39 Å². The molecule has 0 radical (unpaired) electrons. The first-order chi connectivity index (χ1) is 14.4. The van der Waals surface area contributed by atoms with E-state index in [1.807, 2.05) is 43.3 Å². The molecule has 3 aromatic carbocycles. The van der Waals surface area contributed by atoms with Crippen molar-refractivity contribution in [1.29, 1.82) is 0 Å². The maximum Gasteiger partial charge on any atom is 0.136 e. The lowest BCUT2D eigenvalue weighted by molar-refractivity contribution is 0.615. The number of halogens is 1. The average molecular weight is 404 g/mol. The third kappa shape index (κ3) is 5.37. The third-order valence-corrected chi connectivity index (χ3v) is 5.97. The van der Waals surface area contributed by atoms with Gasteiger partial charge in [-0.3, -0.25) is 0 Å². The van der Waals surface area contributed by atoms with Gasteiger partial charge in [0.2, 0.25) is 0 Å². The monoisotopic (exact) mass is 403 g/mol. The summed E-state index contributed by atoms with van der Waals surface area (Å²) in [5, 5.41) is 0. The molecule has 0 spiro atoms. The number of hydrogen-bond acceptors (Lipinski definition) is 1. The van der Waals surface area contributed by atoms with Crippen LogP contribution in [-0.2, 0) is 6.54 Å². The minimum Gasteiger partial charge on any atom is -0.326 e. The van der Waals surface area contributed by atoms with Crippen LogP contribution in [0.3, 0.4) is 0 Å². The van der Waals surface area contributed by atoms with Crippen LogP contribution < -0.4 is 5.73 Å². The lowest BCUT2D eigenvalue weighted by atomic mass is 9.92. The fourth-order valence-corrected chi connectivity index (χ4v) is 3.62. The second kappa shape index (κ2) is 10.0. The first-order valence-corrected chi connectivity index (χ1v) is 11.1. The van der Waals surface area contributed by atoms with E-state index in [-0.39, 0.29) is 12.4 Å². The molecule has 0 atom stereocenters. The van der Waals surface area contributed by atoms with Crippen molar-refractivity contribution in [2.24, 2.45) is 11.7 Å². The summed E-state index contributed by atoms with van der Waals surface area (Å²) in [6, 6.07) is 20.0. The SMILES string of the molecule is CCC1CC1.Cc1ccc(-c2ccc(-c3ccc(C(C)C)cc3)c(CN)c2F)cc1. The van der Waals surface area contributed by atoms with Crippen LogP contribution in [0.25, 0.3) is 22.3 Å². The quantitative estimate of drug-likeness (QED) is 0.461. The van der Waals surface area contributed by atoms with Crippen LogP contribution in [0.5, 0.6) is 0 Å². The van der Waals surface area contributed by atoms with Gasteiger partial charge in [0.25, 0.3) is 0 Å². The first kappa shape index (κ1) is 22.2. The Labute approximate surface area is 181 Å². The van der Waals surface area contributed by atoms with E-state index in [4.69, 9.17) is 5.73 Å². The van der Waals surface area contributed by atoms with Gasteiger partial charge >= 0.3 is 0 Å². The number of rotatable bonds is 5. The van der Waals surface area contributed by atoms with Crippen molar-refractivity contribution in [2.45, 2.75) is 59.4 Å². The third-order valence-electron chi connectivity index (χ3n) is 5.97. The van der Waals surface area contributed by atoms with Crippen molar-refractivity contribution in [1.82, 2.24) is 0 Å². The van der Waals surface area contributed by atoms with Crippen molar-refractivity contribution in [3.8, 4) is 22.3 Å². The summed E-state index contributed by atoms with van der Waals surface area (Å²) in [6.07, 6.45) is 4.44. The van der Waals surface area contributed by atoms with E-state index in [2.05, 4.69) is 45.0 Å². The summed E-state index contributed by atoms with van der Waals surface area (Å²) in [4.78, 5) is 0. The molecule has 1 saturated carbocycles.